The van der Waals surface area contributed by atoms with Gasteiger partial charge < -0.3 is 14.2 Å². The summed E-state index contributed by atoms with van der Waals surface area (Å²) in [6.07, 6.45) is 1.16. The molecule has 6 heteroatoms. The predicted molar refractivity (Wildman–Crippen MR) is 87.0 cm³/mol. The summed E-state index contributed by atoms with van der Waals surface area (Å²) in [5.41, 5.74) is 0.766. The van der Waals surface area contributed by atoms with Gasteiger partial charge in [0.1, 0.15) is 5.82 Å². The predicted octanol–water partition coefficient (Wildman–Crippen LogP) is 4.65. The van der Waals surface area contributed by atoms with Crippen molar-refractivity contribution in [2.45, 2.75) is 25.0 Å². The minimum absolute atomic E-state index is 0.0110. The zero-order valence-electron chi connectivity index (χ0n) is 14.0. The van der Waals surface area contributed by atoms with Crippen molar-refractivity contribution >= 4 is 0 Å². The minimum atomic E-state index is -1.09. The number of benzene rings is 2. The lowest BCUT2D eigenvalue weighted by atomic mass is 9.91. The van der Waals surface area contributed by atoms with Crippen molar-refractivity contribution in [1.82, 2.24) is 0 Å². The molecule has 0 N–H and O–H groups in total. The molecule has 1 aliphatic rings. The van der Waals surface area contributed by atoms with E-state index in [1.807, 2.05) is 0 Å². The third-order valence-electron chi connectivity index (χ3n) is 4.52. The monoisotopic (exact) mass is 352 g/mol. The topological polar surface area (TPSA) is 27.7 Å². The number of methoxy groups -OCH3 is 2. The van der Waals surface area contributed by atoms with E-state index in [1.165, 1.54) is 25.3 Å². The van der Waals surface area contributed by atoms with Crippen LogP contribution >= 0.6 is 0 Å². The maximum Gasteiger partial charge on any atom is 0.201 e. The van der Waals surface area contributed by atoms with Gasteiger partial charge in [-0.05, 0) is 42.2 Å². The van der Waals surface area contributed by atoms with Gasteiger partial charge in [0.05, 0.1) is 13.7 Å². The smallest absolute Gasteiger partial charge is 0.201 e. The van der Waals surface area contributed by atoms with Crippen LogP contribution in [0.2, 0.25) is 0 Å². The van der Waals surface area contributed by atoms with Gasteiger partial charge >= 0.3 is 0 Å². The highest BCUT2D eigenvalue weighted by Gasteiger charge is 2.25. The highest BCUT2D eigenvalue weighted by Crippen LogP contribution is 2.34. The fourth-order valence-corrected chi connectivity index (χ4v) is 3.10. The summed E-state index contributed by atoms with van der Waals surface area (Å²) in [5, 5.41) is 0. The van der Waals surface area contributed by atoms with Crippen LogP contribution in [0.15, 0.2) is 30.3 Å². The molecule has 0 bridgehead atoms. The Morgan fingerprint density at radius 1 is 1.00 bits per heavy atom. The molecule has 0 amide bonds. The fourth-order valence-electron chi connectivity index (χ4n) is 3.10. The van der Waals surface area contributed by atoms with Crippen LogP contribution in [-0.4, -0.2) is 27.1 Å². The second-order valence-electron chi connectivity index (χ2n) is 5.95. The second kappa shape index (κ2) is 7.45. The Morgan fingerprint density at radius 3 is 2.40 bits per heavy atom. The lowest BCUT2D eigenvalue weighted by Crippen LogP contribution is -2.26. The first-order valence-corrected chi connectivity index (χ1v) is 8.01. The van der Waals surface area contributed by atoms with E-state index in [-0.39, 0.29) is 29.1 Å². The van der Waals surface area contributed by atoms with Gasteiger partial charge in [0.15, 0.2) is 17.9 Å². The molecule has 2 unspecified atom stereocenters. The van der Waals surface area contributed by atoms with Gasteiger partial charge in [-0.15, -0.1) is 0 Å². The number of halogens is 3. The molecule has 1 aliphatic heterocycles. The summed E-state index contributed by atoms with van der Waals surface area (Å²) in [7, 11) is 2.83. The van der Waals surface area contributed by atoms with Crippen molar-refractivity contribution in [2.24, 2.45) is 0 Å². The van der Waals surface area contributed by atoms with Crippen LogP contribution < -0.4 is 4.74 Å². The molecule has 0 radical (unpaired) electrons. The van der Waals surface area contributed by atoms with Crippen molar-refractivity contribution in [1.29, 1.82) is 0 Å². The number of rotatable bonds is 4. The Bertz CT molecular complexity index is 756. The fraction of sp³-hybridized carbons (Fsp3) is 0.368. The lowest BCUT2D eigenvalue weighted by molar-refractivity contribution is -0.151. The first kappa shape index (κ1) is 17.8. The molecule has 2 aromatic rings. The van der Waals surface area contributed by atoms with Gasteiger partial charge in [0, 0.05) is 18.6 Å². The first-order chi connectivity index (χ1) is 12.0. The van der Waals surface area contributed by atoms with E-state index in [9.17, 15) is 13.2 Å². The molecule has 3 nitrogen and oxygen atoms in total. The van der Waals surface area contributed by atoms with E-state index in [2.05, 4.69) is 0 Å². The Hall–Kier alpha value is -2.05. The standard InChI is InChI=1S/C19H19F3O3/c1-23-16-7-6-14(18(21)19(16)22)11-3-5-13(15(20)9-11)12-4-8-17(24-2)25-10-12/h3,5-7,9,12,17H,4,8,10H2,1-2H3. The summed E-state index contributed by atoms with van der Waals surface area (Å²) in [4.78, 5) is 0. The minimum Gasteiger partial charge on any atom is -0.494 e. The lowest BCUT2D eigenvalue weighted by Gasteiger charge is -2.28. The largest absolute Gasteiger partial charge is 0.494 e. The highest BCUT2D eigenvalue weighted by molar-refractivity contribution is 5.66. The summed E-state index contributed by atoms with van der Waals surface area (Å²) in [6, 6.07) is 7.11. The molecular weight excluding hydrogens is 333 g/mol. The summed E-state index contributed by atoms with van der Waals surface area (Å²) < 4.78 is 58.0. The molecule has 0 saturated carbocycles. The van der Waals surface area contributed by atoms with Gasteiger partial charge in [-0.3, -0.25) is 0 Å². The van der Waals surface area contributed by atoms with Crippen molar-refractivity contribution in [2.75, 3.05) is 20.8 Å². The van der Waals surface area contributed by atoms with Crippen LogP contribution in [0.5, 0.6) is 5.75 Å². The van der Waals surface area contributed by atoms with E-state index in [0.717, 1.165) is 6.42 Å². The van der Waals surface area contributed by atoms with Crippen LogP contribution in [-0.2, 0) is 9.47 Å². The molecule has 134 valence electrons. The van der Waals surface area contributed by atoms with E-state index >= 15 is 0 Å². The van der Waals surface area contributed by atoms with Crippen LogP contribution in [0.25, 0.3) is 11.1 Å². The average Bonchev–Trinajstić information content (AvgIpc) is 2.64. The Balaban J connectivity index is 1.87. The molecule has 2 aromatic carbocycles. The zero-order valence-corrected chi connectivity index (χ0v) is 14.0. The summed E-state index contributed by atoms with van der Waals surface area (Å²) in [6.45, 7) is 0.361. The van der Waals surface area contributed by atoms with Crippen molar-refractivity contribution in [3.63, 3.8) is 0 Å². The molecule has 1 saturated heterocycles. The van der Waals surface area contributed by atoms with Gasteiger partial charge in [-0.25, -0.2) is 8.78 Å². The zero-order chi connectivity index (χ0) is 18.0. The first-order valence-electron chi connectivity index (χ1n) is 8.01. The van der Waals surface area contributed by atoms with E-state index in [0.29, 0.717) is 18.6 Å². The average molecular weight is 352 g/mol. The molecule has 1 fully saturated rings. The normalized spacial score (nSPS) is 20.5. The van der Waals surface area contributed by atoms with Gasteiger partial charge in [0.2, 0.25) is 5.82 Å². The molecule has 25 heavy (non-hydrogen) atoms. The van der Waals surface area contributed by atoms with Crippen LogP contribution in [0.1, 0.15) is 24.3 Å². The number of hydrogen-bond donors (Lipinski definition) is 0. The van der Waals surface area contributed by atoms with Crippen LogP contribution in [0.3, 0.4) is 0 Å². The molecular formula is C19H19F3O3. The highest BCUT2D eigenvalue weighted by atomic mass is 19.2. The second-order valence-corrected chi connectivity index (χ2v) is 5.95. The molecule has 1 heterocycles. The van der Waals surface area contributed by atoms with Gasteiger partial charge in [0.25, 0.3) is 0 Å². The van der Waals surface area contributed by atoms with E-state index in [1.54, 1.807) is 19.2 Å². The molecule has 0 aromatic heterocycles. The Kier molecular flexibility index (Phi) is 5.30. The van der Waals surface area contributed by atoms with Gasteiger partial charge in [-0.1, -0.05) is 12.1 Å². The Labute approximate surface area is 144 Å². The van der Waals surface area contributed by atoms with E-state index < -0.39 is 17.5 Å². The summed E-state index contributed by atoms with van der Waals surface area (Å²) in [5.74, 6) is -2.88. The van der Waals surface area contributed by atoms with Gasteiger partial charge in [-0.2, -0.15) is 4.39 Å². The SMILES string of the molecule is COc1ccc(-c2ccc(C3CCC(OC)OC3)c(F)c2)c(F)c1F. The van der Waals surface area contributed by atoms with E-state index in [4.69, 9.17) is 14.2 Å². The third kappa shape index (κ3) is 3.50. The number of hydrogen-bond acceptors (Lipinski definition) is 3. The summed E-state index contributed by atoms with van der Waals surface area (Å²) >= 11 is 0. The van der Waals surface area contributed by atoms with Crippen LogP contribution in [0.4, 0.5) is 13.2 Å². The third-order valence-corrected chi connectivity index (χ3v) is 4.52. The van der Waals surface area contributed by atoms with Crippen LogP contribution in [0, 0.1) is 17.5 Å². The van der Waals surface area contributed by atoms with Crippen molar-refractivity contribution in [3.05, 3.63) is 53.3 Å². The maximum absolute atomic E-state index is 14.5. The number of ether oxygens (including phenoxy) is 3. The molecule has 3 rings (SSSR count). The molecule has 2 atom stereocenters. The van der Waals surface area contributed by atoms with Crippen molar-refractivity contribution < 1.29 is 27.4 Å². The quantitative estimate of drug-likeness (QED) is 0.802. The molecule has 0 aliphatic carbocycles. The van der Waals surface area contributed by atoms with Crippen molar-refractivity contribution in [3.8, 4) is 16.9 Å². The Morgan fingerprint density at radius 2 is 1.80 bits per heavy atom. The molecule has 0 spiro atoms. The maximum atomic E-state index is 14.5.